The summed E-state index contributed by atoms with van der Waals surface area (Å²) in [4.78, 5) is 23.9. The molecular weight excluding hydrogens is 262 g/mol. The molecule has 4 nitrogen and oxygen atoms in total. The molecule has 4 rings (SSSR count). The van der Waals surface area contributed by atoms with Gasteiger partial charge in [0.25, 0.3) is 0 Å². The highest BCUT2D eigenvalue weighted by atomic mass is 16.1. The molecule has 1 aromatic carbocycles. The highest BCUT2D eigenvalue weighted by molar-refractivity contribution is 6.25. The van der Waals surface area contributed by atoms with Crippen LogP contribution in [0.25, 0.3) is 0 Å². The predicted molar refractivity (Wildman–Crippen MR) is 82.2 cm³/mol. The molecule has 0 bridgehead atoms. The molecule has 0 saturated carbocycles. The lowest BCUT2D eigenvalue weighted by Gasteiger charge is -2.30. The Balaban J connectivity index is 1.88. The summed E-state index contributed by atoms with van der Waals surface area (Å²) in [5.41, 5.74) is 1.70. The monoisotopic (exact) mass is 277 g/mol. The molecule has 1 fully saturated rings. The molecule has 2 aliphatic rings. The van der Waals surface area contributed by atoms with E-state index in [4.69, 9.17) is 4.99 Å². The topological polar surface area (TPSA) is 45.6 Å². The molecule has 104 valence electrons. The average Bonchev–Trinajstić information content (AvgIpc) is 2.87. The van der Waals surface area contributed by atoms with E-state index in [9.17, 15) is 4.79 Å². The summed E-state index contributed by atoms with van der Waals surface area (Å²) in [6, 6.07) is 13.8. The van der Waals surface area contributed by atoms with E-state index in [1.165, 1.54) is 0 Å². The fourth-order valence-electron chi connectivity index (χ4n) is 3.15. The van der Waals surface area contributed by atoms with Crippen molar-refractivity contribution in [1.29, 1.82) is 0 Å². The van der Waals surface area contributed by atoms with Crippen LogP contribution in [0.3, 0.4) is 0 Å². The Morgan fingerprint density at radius 2 is 1.95 bits per heavy atom. The molecule has 0 spiro atoms. The molecule has 0 N–H and O–H groups in total. The normalized spacial score (nSPS) is 23.6. The molecule has 0 amide bonds. The first-order valence-electron chi connectivity index (χ1n) is 7.12. The van der Waals surface area contributed by atoms with Crippen LogP contribution in [0.1, 0.15) is 23.8 Å². The van der Waals surface area contributed by atoms with Gasteiger partial charge in [-0.05, 0) is 37.6 Å². The van der Waals surface area contributed by atoms with Crippen LogP contribution in [0.15, 0.2) is 53.7 Å². The van der Waals surface area contributed by atoms with Gasteiger partial charge in [-0.2, -0.15) is 0 Å². The Kier molecular flexibility index (Phi) is 2.48. The second-order valence-corrected chi connectivity index (χ2v) is 5.70. The van der Waals surface area contributed by atoms with Crippen molar-refractivity contribution in [2.45, 2.75) is 13.3 Å². The van der Waals surface area contributed by atoms with Crippen molar-refractivity contribution in [3.05, 3.63) is 54.4 Å². The number of hydrogen-bond acceptors (Lipinski definition) is 4. The average molecular weight is 277 g/mol. The van der Waals surface area contributed by atoms with Crippen LogP contribution in [0.4, 0.5) is 11.4 Å². The van der Waals surface area contributed by atoms with Gasteiger partial charge in [0.2, 0.25) is 0 Å². The molecule has 2 aliphatic heterocycles. The largest absolute Gasteiger partial charge is 0.329 e. The van der Waals surface area contributed by atoms with Crippen LogP contribution in [0.5, 0.6) is 0 Å². The fraction of sp³-hybridized carbons (Fsp3) is 0.235. The number of anilines is 1. The minimum Gasteiger partial charge on any atom is -0.329 e. The van der Waals surface area contributed by atoms with E-state index in [2.05, 4.69) is 22.0 Å². The number of hydrogen-bond donors (Lipinski definition) is 0. The van der Waals surface area contributed by atoms with Crippen molar-refractivity contribution in [1.82, 2.24) is 4.98 Å². The summed E-state index contributed by atoms with van der Waals surface area (Å²) in [5.74, 6) is 0.931. The lowest BCUT2D eigenvalue weighted by Crippen LogP contribution is -2.41. The van der Waals surface area contributed by atoms with Gasteiger partial charge in [0, 0.05) is 18.4 Å². The van der Waals surface area contributed by atoms with Gasteiger partial charge in [-0.15, -0.1) is 0 Å². The van der Waals surface area contributed by atoms with Gasteiger partial charge in [0.15, 0.2) is 5.78 Å². The molecule has 0 aliphatic carbocycles. The summed E-state index contributed by atoms with van der Waals surface area (Å²) in [5, 5.41) is 0. The maximum absolute atomic E-state index is 12.8. The van der Waals surface area contributed by atoms with E-state index in [-0.39, 0.29) is 5.78 Å². The van der Waals surface area contributed by atoms with Crippen molar-refractivity contribution >= 4 is 23.0 Å². The Morgan fingerprint density at radius 1 is 1.14 bits per heavy atom. The highest BCUT2D eigenvalue weighted by Crippen LogP contribution is 2.43. The lowest BCUT2D eigenvalue weighted by molar-refractivity contribution is 0.0882. The number of benzene rings is 1. The van der Waals surface area contributed by atoms with Crippen molar-refractivity contribution in [2.75, 3.05) is 11.4 Å². The zero-order chi connectivity index (χ0) is 14.4. The van der Waals surface area contributed by atoms with Crippen LogP contribution in [0, 0.1) is 5.41 Å². The second kappa shape index (κ2) is 4.25. The molecular formula is C17H15N3O. The first kappa shape index (κ1) is 12.3. The number of para-hydroxylation sites is 1. The molecule has 1 aromatic heterocycles. The van der Waals surface area contributed by atoms with E-state index >= 15 is 0 Å². The van der Waals surface area contributed by atoms with Gasteiger partial charge in [-0.3, -0.25) is 9.78 Å². The summed E-state index contributed by atoms with van der Waals surface area (Å²) in [6.07, 6.45) is 2.43. The van der Waals surface area contributed by atoms with Crippen LogP contribution < -0.4 is 4.90 Å². The Labute approximate surface area is 123 Å². The van der Waals surface area contributed by atoms with Gasteiger partial charge in [0.05, 0.1) is 11.1 Å². The van der Waals surface area contributed by atoms with Gasteiger partial charge >= 0.3 is 0 Å². The Bertz CT molecular complexity index is 754. The minimum atomic E-state index is -0.558. The number of carbonyl (C=O) groups is 1. The number of Topliss-reactive ketones (excluding diaryl/α,β-unsaturated/α-hetero) is 1. The SMILES string of the molecule is CC12CCN(c3ccccc3)C1=Nc1cccnc1C2=O. The minimum absolute atomic E-state index is 0.0848. The smallest absolute Gasteiger partial charge is 0.196 e. The van der Waals surface area contributed by atoms with Crippen LogP contribution >= 0.6 is 0 Å². The van der Waals surface area contributed by atoms with E-state index in [1.54, 1.807) is 6.20 Å². The van der Waals surface area contributed by atoms with Crippen molar-refractivity contribution in [3.63, 3.8) is 0 Å². The number of amidine groups is 1. The number of aliphatic imine (C=N–C) groups is 1. The summed E-state index contributed by atoms with van der Waals surface area (Å²) in [6.45, 7) is 2.79. The van der Waals surface area contributed by atoms with Gasteiger partial charge in [-0.1, -0.05) is 18.2 Å². The number of ketones is 1. The van der Waals surface area contributed by atoms with Crippen LogP contribution in [0.2, 0.25) is 0 Å². The summed E-state index contributed by atoms with van der Waals surface area (Å²) < 4.78 is 0. The standard InChI is InChI=1S/C17H15N3O/c1-17-9-11-20(12-6-3-2-4-7-12)16(17)19-13-8-5-10-18-14(13)15(17)21/h2-8,10H,9,11H2,1H3. The number of aromatic nitrogens is 1. The van der Waals surface area contributed by atoms with E-state index < -0.39 is 5.41 Å². The number of carbonyl (C=O) groups excluding carboxylic acids is 1. The number of fused-ring (bicyclic) bond motifs is 2. The second-order valence-electron chi connectivity index (χ2n) is 5.70. The number of pyridine rings is 1. The predicted octanol–water partition coefficient (Wildman–Crippen LogP) is 3.22. The molecule has 3 heterocycles. The molecule has 1 saturated heterocycles. The van der Waals surface area contributed by atoms with Gasteiger partial charge < -0.3 is 4.90 Å². The maximum Gasteiger partial charge on any atom is 0.196 e. The highest BCUT2D eigenvalue weighted by Gasteiger charge is 2.50. The molecule has 1 atom stereocenters. The van der Waals surface area contributed by atoms with E-state index in [0.717, 1.165) is 24.5 Å². The zero-order valence-corrected chi connectivity index (χ0v) is 11.8. The Morgan fingerprint density at radius 3 is 2.76 bits per heavy atom. The zero-order valence-electron chi connectivity index (χ0n) is 11.8. The first-order chi connectivity index (χ1) is 10.2. The van der Waals surface area contributed by atoms with E-state index in [0.29, 0.717) is 11.4 Å². The van der Waals surface area contributed by atoms with Gasteiger partial charge in [0.1, 0.15) is 11.5 Å². The molecule has 4 heteroatoms. The number of nitrogens with zero attached hydrogens (tertiary/aromatic N) is 3. The molecule has 2 aromatic rings. The third-order valence-corrected chi connectivity index (χ3v) is 4.38. The maximum atomic E-state index is 12.8. The first-order valence-corrected chi connectivity index (χ1v) is 7.12. The van der Waals surface area contributed by atoms with Crippen LogP contribution in [-0.2, 0) is 0 Å². The van der Waals surface area contributed by atoms with Gasteiger partial charge in [-0.25, -0.2) is 4.99 Å². The van der Waals surface area contributed by atoms with Crippen molar-refractivity contribution in [2.24, 2.45) is 10.4 Å². The van der Waals surface area contributed by atoms with E-state index in [1.807, 2.05) is 37.3 Å². The summed E-state index contributed by atoms with van der Waals surface area (Å²) >= 11 is 0. The summed E-state index contributed by atoms with van der Waals surface area (Å²) in [7, 11) is 0. The fourth-order valence-corrected chi connectivity index (χ4v) is 3.15. The molecule has 1 unspecified atom stereocenters. The molecule has 21 heavy (non-hydrogen) atoms. The van der Waals surface area contributed by atoms with Crippen molar-refractivity contribution < 1.29 is 4.79 Å². The third-order valence-electron chi connectivity index (χ3n) is 4.38. The molecule has 0 radical (unpaired) electrons. The third kappa shape index (κ3) is 1.65. The number of rotatable bonds is 1. The lowest BCUT2D eigenvalue weighted by atomic mass is 9.80. The quantitative estimate of drug-likeness (QED) is 0.804. The van der Waals surface area contributed by atoms with Crippen LogP contribution in [-0.4, -0.2) is 23.1 Å². The van der Waals surface area contributed by atoms with Crippen molar-refractivity contribution in [3.8, 4) is 0 Å². The Hall–Kier alpha value is -2.49.